The van der Waals surface area contributed by atoms with E-state index in [1.807, 2.05) is 53.4 Å². The smallest absolute Gasteiger partial charge is 0.254 e. The van der Waals surface area contributed by atoms with Crippen LogP contribution in [0.4, 0.5) is 0 Å². The van der Waals surface area contributed by atoms with Crippen molar-refractivity contribution in [3.63, 3.8) is 0 Å². The molecular weight excluding hydrogens is 410 g/mol. The number of hydrogen-bond acceptors (Lipinski definition) is 3. The monoisotopic (exact) mass is 441 g/mol. The molecule has 2 heterocycles. The fraction of sp³-hybridized carbons (Fsp3) is 0.357. The maximum atomic E-state index is 13.3. The van der Waals surface area contributed by atoms with E-state index in [-0.39, 0.29) is 23.8 Å². The van der Waals surface area contributed by atoms with E-state index in [0.717, 1.165) is 55.2 Å². The van der Waals surface area contributed by atoms with Crippen LogP contribution in [-0.4, -0.2) is 53.8 Å². The molecule has 3 aromatic rings. The number of piperidine rings is 1. The van der Waals surface area contributed by atoms with Crippen LogP contribution in [0.2, 0.25) is 0 Å². The number of carbonyl (C=O) groups excluding carboxylic acids is 2. The minimum absolute atomic E-state index is 0.0270. The molecule has 33 heavy (non-hydrogen) atoms. The van der Waals surface area contributed by atoms with Gasteiger partial charge in [-0.2, -0.15) is 0 Å². The number of amides is 2. The molecule has 2 amide bonds. The lowest BCUT2D eigenvalue weighted by Crippen LogP contribution is -2.48. The predicted octanol–water partition coefficient (Wildman–Crippen LogP) is 4.08. The summed E-state index contributed by atoms with van der Waals surface area (Å²) in [5.74, 6) is -0.0166. The first-order chi connectivity index (χ1) is 16.2. The standard InChI is InChI=1S/C28H31N3O2/c32-27(29-24-15-17-30(20-24)18-21-8-2-1-3-9-21)23-12-7-16-31(19-23)28(33)26-14-6-11-22-10-4-5-13-25(22)26/h1-6,8-11,13-14,23-24H,7,12,15-20H2,(H,29,32). The highest BCUT2D eigenvalue weighted by atomic mass is 16.2. The van der Waals surface area contributed by atoms with Crippen LogP contribution in [0.3, 0.4) is 0 Å². The molecule has 5 nitrogen and oxygen atoms in total. The molecule has 0 aliphatic carbocycles. The van der Waals surface area contributed by atoms with Gasteiger partial charge in [0.15, 0.2) is 0 Å². The Labute approximate surface area is 195 Å². The Morgan fingerprint density at radius 3 is 2.52 bits per heavy atom. The van der Waals surface area contributed by atoms with Gasteiger partial charge in [0.05, 0.1) is 5.92 Å². The SMILES string of the molecule is O=C(NC1CCN(Cc2ccccc2)C1)C1CCCN(C(=O)c2cccc3ccccc23)C1. The van der Waals surface area contributed by atoms with Crippen LogP contribution in [0.15, 0.2) is 72.8 Å². The predicted molar refractivity (Wildman–Crippen MR) is 131 cm³/mol. The van der Waals surface area contributed by atoms with Gasteiger partial charge in [0.25, 0.3) is 5.91 Å². The van der Waals surface area contributed by atoms with Crippen LogP contribution in [0.25, 0.3) is 10.8 Å². The number of rotatable bonds is 5. The molecule has 3 aromatic carbocycles. The number of benzene rings is 3. The van der Waals surface area contributed by atoms with Gasteiger partial charge in [-0.1, -0.05) is 66.7 Å². The number of hydrogen-bond donors (Lipinski definition) is 1. The second-order valence-electron chi connectivity index (χ2n) is 9.33. The van der Waals surface area contributed by atoms with Crippen molar-refractivity contribution in [1.29, 1.82) is 0 Å². The van der Waals surface area contributed by atoms with Crippen LogP contribution in [0, 0.1) is 5.92 Å². The Morgan fingerprint density at radius 1 is 0.848 bits per heavy atom. The Morgan fingerprint density at radius 2 is 1.64 bits per heavy atom. The van der Waals surface area contributed by atoms with Gasteiger partial charge in [0, 0.05) is 44.3 Å². The maximum absolute atomic E-state index is 13.3. The van der Waals surface area contributed by atoms with Crippen molar-refractivity contribution in [3.05, 3.63) is 83.9 Å². The number of fused-ring (bicyclic) bond motifs is 1. The van der Waals surface area contributed by atoms with Crippen LogP contribution >= 0.6 is 0 Å². The van der Waals surface area contributed by atoms with Crippen LogP contribution in [-0.2, 0) is 11.3 Å². The average molecular weight is 442 g/mol. The third-order valence-corrected chi connectivity index (χ3v) is 6.97. The fourth-order valence-electron chi connectivity index (χ4n) is 5.21. The van der Waals surface area contributed by atoms with Gasteiger partial charge in [-0.05, 0) is 41.7 Å². The van der Waals surface area contributed by atoms with E-state index < -0.39 is 0 Å². The van der Waals surface area contributed by atoms with E-state index in [9.17, 15) is 9.59 Å². The summed E-state index contributed by atoms with van der Waals surface area (Å²) < 4.78 is 0. The molecule has 2 aliphatic heterocycles. The molecule has 2 saturated heterocycles. The van der Waals surface area contributed by atoms with Crippen molar-refractivity contribution in [1.82, 2.24) is 15.1 Å². The Balaban J connectivity index is 1.18. The minimum Gasteiger partial charge on any atom is -0.352 e. The molecule has 0 radical (unpaired) electrons. The first kappa shape index (κ1) is 21.7. The van der Waals surface area contributed by atoms with Crippen LogP contribution < -0.4 is 5.32 Å². The molecule has 2 atom stereocenters. The largest absolute Gasteiger partial charge is 0.352 e. The number of likely N-dealkylation sites (tertiary alicyclic amines) is 2. The molecule has 0 bridgehead atoms. The highest BCUT2D eigenvalue weighted by Gasteiger charge is 2.32. The van der Waals surface area contributed by atoms with Crippen LogP contribution in [0.5, 0.6) is 0 Å². The van der Waals surface area contributed by atoms with Crippen LogP contribution in [0.1, 0.15) is 35.2 Å². The van der Waals surface area contributed by atoms with Crippen molar-refractivity contribution < 1.29 is 9.59 Å². The maximum Gasteiger partial charge on any atom is 0.254 e. The van der Waals surface area contributed by atoms with E-state index in [2.05, 4.69) is 34.5 Å². The lowest BCUT2D eigenvalue weighted by molar-refractivity contribution is -0.127. The summed E-state index contributed by atoms with van der Waals surface area (Å²) in [4.78, 5) is 30.7. The van der Waals surface area contributed by atoms with E-state index in [0.29, 0.717) is 13.1 Å². The van der Waals surface area contributed by atoms with Gasteiger partial charge in [-0.25, -0.2) is 0 Å². The highest BCUT2D eigenvalue weighted by molar-refractivity contribution is 6.07. The summed E-state index contributed by atoms with van der Waals surface area (Å²) in [5, 5.41) is 5.31. The molecule has 5 rings (SSSR count). The second-order valence-corrected chi connectivity index (χ2v) is 9.33. The third-order valence-electron chi connectivity index (χ3n) is 6.97. The first-order valence-corrected chi connectivity index (χ1v) is 12.0. The molecule has 0 aromatic heterocycles. The normalized spacial score (nSPS) is 21.3. The molecule has 170 valence electrons. The summed E-state index contributed by atoms with van der Waals surface area (Å²) in [6, 6.07) is 24.5. The molecule has 0 spiro atoms. The van der Waals surface area contributed by atoms with Crippen molar-refractivity contribution in [3.8, 4) is 0 Å². The summed E-state index contributed by atoms with van der Waals surface area (Å²) in [7, 11) is 0. The van der Waals surface area contributed by atoms with E-state index >= 15 is 0 Å². The van der Waals surface area contributed by atoms with Crippen molar-refractivity contribution in [2.24, 2.45) is 5.92 Å². The summed E-state index contributed by atoms with van der Waals surface area (Å²) in [6.07, 6.45) is 2.68. The van der Waals surface area contributed by atoms with E-state index in [1.165, 1.54) is 5.56 Å². The van der Waals surface area contributed by atoms with Crippen molar-refractivity contribution in [2.75, 3.05) is 26.2 Å². The quantitative estimate of drug-likeness (QED) is 0.649. The molecule has 2 aliphatic rings. The van der Waals surface area contributed by atoms with Gasteiger partial charge in [-0.15, -0.1) is 0 Å². The molecule has 2 fully saturated rings. The lowest BCUT2D eigenvalue weighted by atomic mass is 9.95. The van der Waals surface area contributed by atoms with Gasteiger partial charge in [-0.3, -0.25) is 14.5 Å². The molecule has 2 unspecified atom stereocenters. The van der Waals surface area contributed by atoms with Gasteiger partial charge < -0.3 is 10.2 Å². The van der Waals surface area contributed by atoms with Crippen molar-refractivity contribution >= 4 is 22.6 Å². The average Bonchev–Trinajstić information content (AvgIpc) is 3.30. The van der Waals surface area contributed by atoms with Gasteiger partial charge in [0.1, 0.15) is 0 Å². The molecule has 1 N–H and O–H groups in total. The van der Waals surface area contributed by atoms with E-state index in [4.69, 9.17) is 0 Å². The number of carbonyl (C=O) groups is 2. The summed E-state index contributed by atoms with van der Waals surface area (Å²) in [6.45, 7) is 4.00. The molecule has 5 heteroatoms. The zero-order valence-corrected chi connectivity index (χ0v) is 19.0. The number of nitrogens with zero attached hydrogens (tertiary/aromatic N) is 2. The zero-order chi connectivity index (χ0) is 22.6. The highest BCUT2D eigenvalue weighted by Crippen LogP contribution is 2.24. The topological polar surface area (TPSA) is 52.7 Å². The van der Waals surface area contributed by atoms with Gasteiger partial charge in [0.2, 0.25) is 5.91 Å². The zero-order valence-electron chi connectivity index (χ0n) is 19.0. The fourth-order valence-corrected chi connectivity index (χ4v) is 5.21. The van der Waals surface area contributed by atoms with E-state index in [1.54, 1.807) is 0 Å². The first-order valence-electron chi connectivity index (χ1n) is 12.0. The second kappa shape index (κ2) is 9.75. The number of nitrogens with one attached hydrogen (secondary N) is 1. The Kier molecular flexibility index (Phi) is 6.40. The summed E-state index contributed by atoms with van der Waals surface area (Å²) in [5.41, 5.74) is 2.03. The van der Waals surface area contributed by atoms with Gasteiger partial charge >= 0.3 is 0 Å². The van der Waals surface area contributed by atoms with Crippen molar-refractivity contribution in [2.45, 2.75) is 31.8 Å². The third kappa shape index (κ3) is 4.93. The molecule has 0 saturated carbocycles. The Bertz CT molecular complexity index is 1120. The minimum atomic E-state index is -0.138. The lowest BCUT2D eigenvalue weighted by Gasteiger charge is -2.33. The summed E-state index contributed by atoms with van der Waals surface area (Å²) >= 11 is 0. The molecular formula is C28H31N3O2. The Hall–Kier alpha value is -3.18.